The zero-order chi connectivity index (χ0) is 19.7. The molecule has 0 aromatic carbocycles. The van der Waals surface area contributed by atoms with E-state index in [1.54, 1.807) is 0 Å². The first-order valence-electron chi connectivity index (χ1n) is 11.6. The van der Waals surface area contributed by atoms with E-state index in [0.29, 0.717) is 12.0 Å². The van der Waals surface area contributed by atoms with Gasteiger partial charge in [0.1, 0.15) is 0 Å². The van der Waals surface area contributed by atoms with E-state index in [1.807, 2.05) is 0 Å². The van der Waals surface area contributed by atoms with Gasteiger partial charge in [-0.1, -0.05) is 0 Å². The SMILES string of the molecule is C=C1CCC1C1CC1[C@@H]1CI(C)C[C@H]1c1nc2c(c(=C)n1)=CNC2C1CCCC1. The van der Waals surface area contributed by atoms with Crippen LogP contribution in [0.5, 0.6) is 0 Å². The minimum atomic E-state index is -0.819. The number of rotatable bonds is 4. The Hall–Kier alpha value is -0.910. The number of fused-ring (bicyclic) bond motifs is 1. The fourth-order valence-electron chi connectivity index (χ4n) is 6.79. The van der Waals surface area contributed by atoms with Crippen molar-refractivity contribution in [1.82, 2.24) is 15.3 Å². The molecule has 5 aliphatic rings. The zero-order valence-electron chi connectivity index (χ0n) is 17.7. The average Bonchev–Trinajstić information content (AvgIpc) is 3.10. The van der Waals surface area contributed by atoms with Crippen LogP contribution >= 0.6 is 19.8 Å². The van der Waals surface area contributed by atoms with Crippen LogP contribution in [0.15, 0.2) is 12.2 Å². The normalized spacial score (nSPS) is 39.8. The van der Waals surface area contributed by atoms with Crippen molar-refractivity contribution in [3.8, 4) is 0 Å². The summed E-state index contributed by atoms with van der Waals surface area (Å²) in [4.78, 5) is 12.9. The van der Waals surface area contributed by atoms with E-state index in [2.05, 4.69) is 29.6 Å². The molecule has 0 amide bonds. The predicted octanol–water partition coefficient (Wildman–Crippen LogP) is 3.91. The van der Waals surface area contributed by atoms with Gasteiger partial charge in [-0.25, -0.2) is 0 Å². The molecular formula is C25H34IN3. The molecule has 0 spiro atoms. The Bertz CT molecular complexity index is 950. The van der Waals surface area contributed by atoms with Gasteiger partial charge in [-0.3, -0.25) is 0 Å². The van der Waals surface area contributed by atoms with Crippen LogP contribution < -0.4 is 15.9 Å². The van der Waals surface area contributed by atoms with Crippen LogP contribution in [-0.4, -0.2) is 23.8 Å². The molecule has 3 aliphatic carbocycles. The summed E-state index contributed by atoms with van der Waals surface area (Å²) in [6, 6.07) is 0.401. The van der Waals surface area contributed by atoms with E-state index in [0.717, 1.165) is 40.8 Å². The van der Waals surface area contributed by atoms with Gasteiger partial charge < -0.3 is 0 Å². The number of halogens is 1. The maximum atomic E-state index is 5.30. The Morgan fingerprint density at radius 1 is 1.00 bits per heavy atom. The molecule has 29 heavy (non-hydrogen) atoms. The molecule has 156 valence electrons. The number of aromatic nitrogens is 2. The van der Waals surface area contributed by atoms with Crippen LogP contribution in [-0.2, 0) is 0 Å². The quantitative estimate of drug-likeness (QED) is 0.385. The van der Waals surface area contributed by atoms with Gasteiger partial charge in [0, 0.05) is 0 Å². The molecule has 4 fully saturated rings. The van der Waals surface area contributed by atoms with Gasteiger partial charge in [-0.2, -0.15) is 0 Å². The van der Waals surface area contributed by atoms with E-state index in [-0.39, 0.29) is 0 Å². The molecule has 1 aromatic rings. The van der Waals surface area contributed by atoms with Crippen molar-refractivity contribution in [2.45, 2.75) is 56.9 Å². The molecule has 6 rings (SSSR count). The maximum absolute atomic E-state index is 5.30. The number of alkyl halides is 3. The van der Waals surface area contributed by atoms with Gasteiger partial charge in [0.05, 0.1) is 0 Å². The first-order chi connectivity index (χ1) is 14.1. The van der Waals surface area contributed by atoms with Gasteiger partial charge >= 0.3 is 182 Å². The van der Waals surface area contributed by atoms with Crippen molar-refractivity contribution >= 4 is 32.6 Å². The topological polar surface area (TPSA) is 37.8 Å². The Labute approximate surface area is 181 Å². The number of hydrogen-bond acceptors (Lipinski definition) is 3. The molecule has 4 unspecified atom stereocenters. The first kappa shape index (κ1) is 18.8. The minimum absolute atomic E-state index is 0.401. The third kappa shape index (κ3) is 3.11. The number of nitrogens with zero attached hydrogens (tertiary/aromatic N) is 2. The molecule has 0 bridgehead atoms. The first-order valence-corrected chi connectivity index (χ1v) is 16.8. The molecule has 6 atom stereocenters. The van der Waals surface area contributed by atoms with E-state index >= 15 is 0 Å². The molecule has 1 saturated heterocycles. The van der Waals surface area contributed by atoms with E-state index in [1.165, 1.54) is 70.3 Å². The van der Waals surface area contributed by atoms with Crippen LogP contribution in [0, 0.1) is 29.6 Å². The Balaban J connectivity index is 1.29. The third-order valence-electron chi connectivity index (χ3n) is 8.62. The molecule has 4 heteroatoms. The third-order valence-corrected chi connectivity index (χ3v) is 13.6. The van der Waals surface area contributed by atoms with Crippen molar-refractivity contribution in [2.24, 2.45) is 29.6 Å². The van der Waals surface area contributed by atoms with Gasteiger partial charge in [-0.05, 0) is 0 Å². The monoisotopic (exact) mass is 503 g/mol. The van der Waals surface area contributed by atoms with Gasteiger partial charge in [0.15, 0.2) is 0 Å². The fraction of sp³-hybridized carbons (Fsp3) is 0.680. The van der Waals surface area contributed by atoms with Crippen LogP contribution in [0.4, 0.5) is 0 Å². The van der Waals surface area contributed by atoms with Crippen LogP contribution in [0.2, 0.25) is 0 Å². The molecular weight excluding hydrogens is 469 g/mol. The summed E-state index contributed by atoms with van der Waals surface area (Å²) in [6.07, 6.45) is 11.7. The average molecular weight is 503 g/mol. The van der Waals surface area contributed by atoms with Gasteiger partial charge in [-0.15, -0.1) is 0 Å². The summed E-state index contributed by atoms with van der Waals surface area (Å²) >= 11 is -0.819. The van der Waals surface area contributed by atoms with Crippen molar-refractivity contribution in [3.05, 3.63) is 34.2 Å². The molecule has 3 saturated carbocycles. The van der Waals surface area contributed by atoms with Crippen LogP contribution in [0.3, 0.4) is 0 Å². The summed E-state index contributed by atoms with van der Waals surface area (Å²) in [5, 5.41) is 5.79. The fourth-order valence-corrected chi connectivity index (χ4v) is 12.8. The Kier molecular flexibility index (Phi) is 4.59. The summed E-state index contributed by atoms with van der Waals surface area (Å²) < 4.78 is 2.92. The number of allylic oxidation sites excluding steroid dienone is 1. The van der Waals surface area contributed by atoms with Crippen molar-refractivity contribution in [2.75, 3.05) is 13.8 Å². The van der Waals surface area contributed by atoms with E-state index < -0.39 is 19.8 Å². The second-order valence-electron chi connectivity index (χ2n) is 10.3. The molecule has 2 aliphatic heterocycles. The van der Waals surface area contributed by atoms with E-state index in [4.69, 9.17) is 9.97 Å². The number of nitrogens with one attached hydrogen (secondary N) is 1. The van der Waals surface area contributed by atoms with Crippen LogP contribution in [0.25, 0.3) is 12.8 Å². The van der Waals surface area contributed by atoms with Crippen molar-refractivity contribution in [3.63, 3.8) is 0 Å². The standard InChI is InChI=1S/C25H34IN3/c1-14-8-9-17(14)18-10-19(18)20-11-26(3)12-21(20)25-28-15(2)22-13-27-23(24(22)29-25)16-6-4-5-7-16/h13,16-21,23,27H,1-2,4-12H2,3H3/t17?,18?,19?,20-,21+,23?/m0/s1. The second kappa shape index (κ2) is 7.06. The molecule has 3 heterocycles. The molecule has 1 aromatic heterocycles. The predicted molar refractivity (Wildman–Crippen MR) is 128 cm³/mol. The van der Waals surface area contributed by atoms with Gasteiger partial charge in [0.2, 0.25) is 0 Å². The van der Waals surface area contributed by atoms with Crippen molar-refractivity contribution < 1.29 is 0 Å². The van der Waals surface area contributed by atoms with Gasteiger partial charge in [0.25, 0.3) is 0 Å². The second-order valence-corrected chi connectivity index (χ2v) is 16.2. The number of hydrogen-bond donors (Lipinski definition) is 1. The van der Waals surface area contributed by atoms with Crippen LogP contribution in [0.1, 0.15) is 68.4 Å². The molecule has 1 N–H and O–H groups in total. The summed E-state index contributed by atoms with van der Waals surface area (Å²) in [6.45, 7) is 8.66. The Morgan fingerprint density at radius 3 is 2.55 bits per heavy atom. The molecule has 3 nitrogen and oxygen atoms in total. The Morgan fingerprint density at radius 2 is 1.83 bits per heavy atom. The molecule has 0 radical (unpaired) electrons. The summed E-state index contributed by atoms with van der Waals surface area (Å²) in [5.41, 5.74) is 2.81. The van der Waals surface area contributed by atoms with E-state index in [9.17, 15) is 0 Å². The summed E-state index contributed by atoms with van der Waals surface area (Å²) in [5.74, 6) is 6.02. The zero-order valence-corrected chi connectivity index (χ0v) is 19.8. The van der Waals surface area contributed by atoms with Crippen molar-refractivity contribution in [1.29, 1.82) is 0 Å². The summed E-state index contributed by atoms with van der Waals surface area (Å²) in [7, 11) is 0.